The molecule has 2 nitrogen and oxygen atoms in total. The summed E-state index contributed by atoms with van der Waals surface area (Å²) in [5.41, 5.74) is 3.60. The van der Waals surface area contributed by atoms with E-state index >= 15 is 0 Å². The Morgan fingerprint density at radius 1 is 1.29 bits per heavy atom. The Balaban J connectivity index is 2.11. The van der Waals surface area contributed by atoms with Gasteiger partial charge in [0.05, 0.1) is 7.11 Å². The molecular formula is C14H17NOS. The standard InChI is InChI=1S/C14H17NOS/c1-10-8-13(4-5-14(10)16-3)15-11(2)12-6-7-17-9-12/h4-9,11,15H,1-3H3. The minimum Gasteiger partial charge on any atom is -0.496 e. The molecule has 1 aromatic heterocycles. The molecule has 0 saturated carbocycles. The van der Waals surface area contributed by atoms with Gasteiger partial charge >= 0.3 is 0 Å². The Hall–Kier alpha value is -1.48. The Morgan fingerprint density at radius 3 is 2.71 bits per heavy atom. The fourth-order valence-corrected chi connectivity index (χ4v) is 2.58. The van der Waals surface area contributed by atoms with Crippen LogP contribution in [0, 0.1) is 6.92 Å². The average Bonchev–Trinajstić information content (AvgIpc) is 2.82. The van der Waals surface area contributed by atoms with Crippen LogP contribution in [0.15, 0.2) is 35.0 Å². The third-order valence-corrected chi connectivity index (χ3v) is 3.52. The van der Waals surface area contributed by atoms with Gasteiger partial charge in [0.2, 0.25) is 0 Å². The molecule has 2 aromatic rings. The number of rotatable bonds is 4. The van der Waals surface area contributed by atoms with Crippen molar-refractivity contribution in [3.8, 4) is 5.75 Å². The minimum absolute atomic E-state index is 0.328. The van der Waals surface area contributed by atoms with E-state index in [2.05, 4.69) is 48.1 Å². The van der Waals surface area contributed by atoms with Crippen LogP contribution in [0.5, 0.6) is 5.75 Å². The summed E-state index contributed by atoms with van der Waals surface area (Å²) in [6.45, 7) is 4.22. The summed E-state index contributed by atoms with van der Waals surface area (Å²) in [5.74, 6) is 0.929. The molecule has 0 amide bonds. The number of thiophene rings is 1. The molecule has 0 spiro atoms. The maximum atomic E-state index is 5.25. The zero-order valence-corrected chi connectivity index (χ0v) is 11.2. The van der Waals surface area contributed by atoms with E-state index in [0.29, 0.717) is 6.04 Å². The number of ether oxygens (including phenoxy) is 1. The van der Waals surface area contributed by atoms with Gasteiger partial charge < -0.3 is 10.1 Å². The Kier molecular flexibility index (Phi) is 3.69. The van der Waals surface area contributed by atoms with E-state index in [-0.39, 0.29) is 0 Å². The van der Waals surface area contributed by atoms with Crippen molar-refractivity contribution < 1.29 is 4.74 Å². The highest BCUT2D eigenvalue weighted by Gasteiger charge is 2.06. The predicted octanol–water partition coefficient (Wildman–Crippen LogP) is 4.24. The summed E-state index contributed by atoms with van der Waals surface area (Å²) in [6.07, 6.45) is 0. The first-order valence-electron chi connectivity index (χ1n) is 5.64. The van der Waals surface area contributed by atoms with Crippen molar-refractivity contribution in [2.24, 2.45) is 0 Å². The fraction of sp³-hybridized carbons (Fsp3) is 0.286. The van der Waals surface area contributed by atoms with Gasteiger partial charge in [-0.15, -0.1) is 0 Å². The van der Waals surface area contributed by atoms with E-state index in [1.807, 2.05) is 6.07 Å². The molecule has 1 N–H and O–H groups in total. The van der Waals surface area contributed by atoms with E-state index in [0.717, 1.165) is 17.0 Å². The van der Waals surface area contributed by atoms with E-state index in [1.54, 1.807) is 18.4 Å². The number of nitrogens with one attached hydrogen (secondary N) is 1. The summed E-state index contributed by atoms with van der Waals surface area (Å²) in [5, 5.41) is 7.77. The molecule has 0 aliphatic rings. The first-order chi connectivity index (χ1) is 8.20. The van der Waals surface area contributed by atoms with Crippen molar-refractivity contribution in [2.75, 3.05) is 12.4 Å². The lowest BCUT2D eigenvalue weighted by Crippen LogP contribution is -2.05. The third-order valence-electron chi connectivity index (χ3n) is 2.82. The van der Waals surface area contributed by atoms with Gasteiger partial charge in [-0.05, 0) is 60.0 Å². The minimum atomic E-state index is 0.328. The van der Waals surface area contributed by atoms with Crippen molar-refractivity contribution in [1.82, 2.24) is 0 Å². The molecule has 1 atom stereocenters. The molecule has 0 saturated heterocycles. The molecule has 0 bridgehead atoms. The molecule has 2 rings (SSSR count). The van der Waals surface area contributed by atoms with Gasteiger partial charge in [-0.25, -0.2) is 0 Å². The molecule has 1 heterocycles. The largest absolute Gasteiger partial charge is 0.496 e. The first kappa shape index (κ1) is 12.0. The zero-order valence-electron chi connectivity index (χ0n) is 10.4. The molecular weight excluding hydrogens is 230 g/mol. The highest BCUT2D eigenvalue weighted by Crippen LogP contribution is 2.25. The van der Waals surface area contributed by atoms with Gasteiger partial charge in [-0.2, -0.15) is 11.3 Å². The molecule has 0 fully saturated rings. The Bertz CT molecular complexity index is 479. The molecule has 1 aromatic carbocycles. The first-order valence-corrected chi connectivity index (χ1v) is 6.58. The lowest BCUT2D eigenvalue weighted by atomic mass is 10.1. The highest BCUT2D eigenvalue weighted by atomic mass is 32.1. The van der Waals surface area contributed by atoms with Crippen molar-refractivity contribution in [3.63, 3.8) is 0 Å². The molecule has 3 heteroatoms. The molecule has 0 radical (unpaired) electrons. The van der Waals surface area contributed by atoms with Crippen molar-refractivity contribution >= 4 is 17.0 Å². The van der Waals surface area contributed by atoms with Crippen LogP contribution in [0.4, 0.5) is 5.69 Å². The number of anilines is 1. The summed E-state index contributed by atoms with van der Waals surface area (Å²) in [6, 6.07) is 8.64. The average molecular weight is 247 g/mol. The van der Waals surface area contributed by atoms with Crippen LogP contribution in [-0.2, 0) is 0 Å². The van der Waals surface area contributed by atoms with Crippen LogP contribution in [0.2, 0.25) is 0 Å². The molecule has 0 aliphatic carbocycles. The van der Waals surface area contributed by atoms with Crippen molar-refractivity contribution in [1.29, 1.82) is 0 Å². The Morgan fingerprint density at radius 2 is 2.12 bits per heavy atom. The SMILES string of the molecule is COc1ccc(NC(C)c2ccsc2)cc1C. The molecule has 90 valence electrons. The van der Waals surface area contributed by atoms with Crippen LogP contribution in [0.3, 0.4) is 0 Å². The number of benzene rings is 1. The predicted molar refractivity (Wildman–Crippen MR) is 74.1 cm³/mol. The lowest BCUT2D eigenvalue weighted by molar-refractivity contribution is 0.412. The second-order valence-electron chi connectivity index (χ2n) is 4.11. The van der Waals surface area contributed by atoms with Crippen LogP contribution >= 0.6 is 11.3 Å². The van der Waals surface area contributed by atoms with Gasteiger partial charge in [0.1, 0.15) is 5.75 Å². The second-order valence-corrected chi connectivity index (χ2v) is 4.89. The maximum Gasteiger partial charge on any atom is 0.121 e. The maximum absolute atomic E-state index is 5.25. The third kappa shape index (κ3) is 2.80. The topological polar surface area (TPSA) is 21.3 Å². The van der Waals surface area contributed by atoms with Crippen molar-refractivity contribution in [2.45, 2.75) is 19.9 Å². The normalized spacial score (nSPS) is 12.2. The number of hydrogen-bond donors (Lipinski definition) is 1. The Labute approximate surface area is 106 Å². The number of methoxy groups -OCH3 is 1. The van der Waals surface area contributed by atoms with E-state index in [9.17, 15) is 0 Å². The zero-order chi connectivity index (χ0) is 12.3. The molecule has 17 heavy (non-hydrogen) atoms. The van der Waals surface area contributed by atoms with Crippen LogP contribution < -0.4 is 10.1 Å². The van der Waals surface area contributed by atoms with Gasteiger partial charge in [-0.1, -0.05) is 0 Å². The van der Waals surface area contributed by atoms with Gasteiger partial charge in [-0.3, -0.25) is 0 Å². The molecule has 1 unspecified atom stereocenters. The van der Waals surface area contributed by atoms with Gasteiger partial charge in [0.15, 0.2) is 0 Å². The van der Waals surface area contributed by atoms with Gasteiger partial charge in [0, 0.05) is 11.7 Å². The number of hydrogen-bond acceptors (Lipinski definition) is 3. The quantitative estimate of drug-likeness (QED) is 0.872. The monoisotopic (exact) mass is 247 g/mol. The van der Waals surface area contributed by atoms with Crippen LogP contribution in [0.25, 0.3) is 0 Å². The van der Waals surface area contributed by atoms with Crippen LogP contribution in [-0.4, -0.2) is 7.11 Å². The van der Waals surface area contributed by atoms with Crippen LogP contribution in [0.1, 0.15) is 24.1 Å². The summed E-state index contributed by atoms with van der Waals surface area (Å²) in [7, 11) is 1.70. The van der Waals surface area contributed by atoms with Crippen molar-refractivity contribution in [3.05, 3.63) is 46.2 Å². The van der Waals surface area contributed by atoms with E-state index in [1.165, 1.54) is 5.56 Å². The van der Waals surface area contributed by atoms with E-state index in [4.69, 9.17) is 4.74 Å². The van der Waals surface area contributed by atoms with E-state index < -0.39 is 0 Å². The summed E-state index contributed by atoms with van der Waals surface area (Å²) >= 11 is 1.73. The number of aryl methyl sites for hydroxylation is 1. The smallest absolute Gasteiger partial charge is 0.121 e. The summed E-state index contributed by atoms with van der Waals surface area (Å²) < 4.78 is 5.25. The highest BCUT2D eigenvalue weighted by molar-refractivity contribution is 7.07. The van der Waals surface area contributed by atoms with Gasteiger partial charge in [0.25, 0.3) is 0 Å². The lowest BCUT2D eigenvalue weighted by Gasteiger charge is -2.15. The molecule has 0 aliphatic heterocycles. The fourth-order valence-electron chi connectivity index (χ4n) is 1.82. The summed E-state index contributed by atoms with van der Waals surface area (Å²) in [4.78, 5) is 0. The second kappa shape index (κ2) is 5.23.